The molecule has 0 atom stereocenters. The van der Waals surface area contributed by atoms with E-state index in [2.05, 4.69) is 41.5 Å². The fourth-order valence-corrected chi connectivity index (χ4v) is 2.90. The van der Waals surface area contributed by atoms with Crippen LogP contribution < -0.4 is 0 Å². The van der Waals surface area contributed by atoms with Crippen LogP contribution >= 0.6 is 0 Å². The summed E-state index contributed by atoms with van der Waals surface area (Å²) < 4.78 is 0. The standard InChI is InChI=1S/C20H22N2O/c1-22(15-16-8-3-2-4-9-16)20(23)13-7-10-17-14-21-19-12-6-5-11-18(17)19/h2-6,8-9,11-12,14,21H,7,10,13,15H2,1H3. The lowest BCUT2D eigenvalue weighted by Gasteiger charge is -2.17. The Morgan fingerprint density at radius 3 is 2.61 bits per heavy atom. The normalized spacial score (nSPS) is 10.8. The highest BCUT2D eigenvalue weighted by atomic mass is 16.2. The second-order valence-electron chi connectivity index (χ2n) is 5.95. The zero-order valence-electron chi connectivity index (χ0n) is 13.5. The Bertz CT molecular complexity index is 776. The summed E-state index contributed by atoms with van der Waals surface area (Å²) in [5.41, 5.74) is 3.62. The van der Waals surface area contributed by atoms with Crippen molar-refractivity contribution >= 4 is 16.8 Å². The predicted octanol–water partition coefficient (Wildman–Crippen LogP) is 4.15. The first-order valence-corrected chi connectivity index (χ1v) is 8.07. The third-order valence-electron chi connectivity index (χ3n) is 4.20. The van der Waals surface area contributed by atoms with E-state index in [1.165, 1.54) is 16.5 Å². The second-order valence-corrected chi connectivity index (χ2v) is 5.95. The molecule has 1 aromatic heterocycles. The number of fused-ring (bicyclic) bond motifs is 1. The highest BCUT2D eigenvalue weighted by Crippen LogP contribution is 2.19. The smallest absolute Gasteiger partial charge is 0.222 e. The van der Waals surface area contributed by atoms with Gasteiger partial charge in [0, 0.05) is 37.1 Å². The second kappa shape index (κ2) is 7.14. The minimum absolute atomic E-state index is 0.202. The van der Waals surface area contributed by atoms with E-state index in [1.807, 2.05) is 36.2 Å². The Hall–Kier alpha value is -2.55. The van der Waals surface area contributed by atoms with Crippen LogP contribution in [0, 0.1) is 0 Å². The van der Waals surface area contributed by atoms with Gasteiger partial charge in [-0.05, 0) is 30.0 Å². The molecule has 0 spiro atoms. The van der Waals surface area contributed by atoms with Gasteiger partial charge in [-0.25, -0.2) is 0 Å². The van der Waals surface area contributed by atoms with Crippen molar-refractivity contribution < 1.29 is 4.79 Å². The molecular formula is C20H22N2O. The SMILES string of the molecule is CN(Cc1ccccc1)C(=O)CCCc1c[nH]c2ccccc12. The van der Waals surface area contributed by atoms with Crippen molar-refractivity contribution in [2.24, 2.45) is 0 Å². The van der Waals surface area contributed by atoms with Gasteiger partial charge >= 0.3 is 0 Å². The van der Waals surface area contributed by atoms with Gasteiger partial charge in [0.2, 0.25) is 5.91 Å². The Kier molecular flexibility index (Phi) is 4.77. The van der Waals surface area contributed by atoms with E-state index >= 15 is 0 Å². The molecule has 3 rings (SSSR count). The summed E-state index contributed by atoms with van der Waals surface area (Å²) in [6.45, 7) is 0.673. The number of hydrogen-bond donors (Lipinski definition) is 1. The quantitative estimate of drug-likeness (QED) is 0.729. The van der Waals surface area contributed by atoms with Crippen molar-refractivity contribution in [3.8, 4) is 0 Å². The zero-order chi connectivity index (χ0) is 16.1. The van der Waals surface area contributed by atoms with Crippen LogP contribution in [0.15, 0.2) is 60.8 Å². The molecule has 3 nitrogen and oxygen atoms in total. The highest BCUT2D eigenvalue weighted by Gasteiger charge is 2.10. The third kappa shape index (κ3) is 3.81. The lowest BCUT2D eigenvalue weighted by atomic mass is 10.1. The number of amides is 1. The van der Waals surface area contributed by atoms with Crippen LogP contribution in [-0.4, -0.2) is 22.8 Å². The number of rotatable bonds is 6. The van der Waals surface area contributed by atoms with E-state index in [9.17, 15) is 4.79 Å². The van der Waals surface area contributed by atoms with E-state index < -0.39 is 0 Å². The monoisotopic (exact) mass is 306 g/mol. The number of aromatic nitrogens is 1. The minimum atomic E-state index is 0.202. The summed E-state index contributed by atoms with van der Waals surface area (Å²) in [6, 6.07) is 18.4. The number of aromatic amines is 1. The van der Waals surface area contributed by atoms with Crippen molar-refractivity contribution in [2.75, 3.05) is 7.05 Å². The molecule has 0 saturated heterocycles. The molecule has 3 aromatic rings. The molecule has 0 unspecified atom stereocenters. The fraction of sp³-hybridized carbons (Fsp3) is 0.250. The summed E-state index contributed by atoms with van der Waals surface area (Å²) in [4.78, 5) is 17.4. The fourth-order valence-electron chi connectivity index (χ4n) is 2.90. The van der Waals surface area contributed by atoms with E-state index in [-0.39, 0.29) is 5.91 Å². The maximum absolute atomic E-state index is 12.3. The number of nitrogens with zero attached hydrogens (tertiary/aromatic N) is 1. The van der Waals surface area contributed by atoms with Crippen molar-refractivity contribution in [3.63, 3.8) is 0 Å². The molecule has 0 aliphatic heterocycles. The van der Waals surface area contributed by atoms with Crippen LogP contribution in [0.4, 0.5) is 0 Å². The van der Waals surface area contributed by atoms with Crippen LogP contribution in [0.25, 0.3) is 10.9 Å². The summed E-state index contributed by atoms with van der Waals surface area (Å²) >= 11 is 0. The number of carbonyl (C=O) groups excluding carboxylic acids is 1. The lowest BCUT2D eigenvalue weighted by Crippen LogP contribution is -2.25. The number of hydrogen-bond acceptors (Lipinski definition) is 1. The van der Waals surface area contributed by atoms with Crippen LogP contribution in [0.2, 0.25) is 0 Å². The zero-order valence-corrected chi connectivity index (χ0v) is 13.5. The molecule has 1 N–H and O–H groups in total. The molecule has 0 radical (unpaired) electrons. The number of para-hydroxylation sites is 1. The van der Waals surface area contributed by atoms with Gasteiger partial charge in [0.15, 0.2) is 0 Å². The predicted molar refractivity (Wildman–Crippen MR) is 94.2 cm³/mol. The van der Waals surface area contributed by atoms with Gasteiger partial charge in [-0.3, -0.25) is 4.79 Å². The molecule has 2 aromatic carbocycles. The molecule has 0 bridgehead atoms. The first-order chi connectivity index (χ1) is 11.2. The first-order valence-electron chi connectivity index (χ1n) is 8.07. The Labute approximate surface area is 136 Å². The molecular weight excluding hydrogens is 284 g/mol. The Balaban J connectivity index is 1.51. The molecule has 1 heterocycles. The average Bonchev–Trinajstić information content (AvgIpc) is 2.99. The molecule has 1 amide bonds. The van der Waals surface area contributed by atoms with Crippen LogP contribution in [0.1, 0.15) is 24.0 Å². The summed E-state index contributed by atoms with van der Waals surface area (Å²) in [6.07, 6.45) is 4.44. The van der Waals surface area contributed by atoms with Crippen molar-refractivity contribution in [2.45, 2.75) is 25.8 Å². The molecule has 23 heavy (non-hydrogen) atoms. The van der Waals surface area contributed by atoms with Gasteiger partial charge in [-0.1, -0.05) is 48.5 Å². The number of aryl methyl sites for hydroxylation is 1. The van der Waals surface area contributed by atoms with Gasteiger partial charge < -0.3 is 9.88 Å². The van der Waals surface area contributed by atoms with E-state index in [0.29, 0.717) is 13.0 Å². The summed E-state index contributed by atoms with van der Waals surface area (Å²) in [7, 11) is 1.88. The van der Waals surface area contributed by atoms with Crippen molar-refractivity contribution in [1.82, 2.24) is 9.88 Å². The van der Waals surface area contributed by atoms with E-state index in [4.69, 9.17) is 0 Å². The third-order valence-corrected chi connectivity index (χ3v) is 4.20. The van der Waals surface area contributed by atoms with E-state index in [1.54, 1.807) is 0 Å². The van der Waals surface area contributed by atoms with Gasteiger partial charge in [-0.2, -0.15) is 0 Å². The molecule has 0 fully saturated rings. The van der Waals surface area contributed by atoms with Crippen molar-refractivity contribution in [3.05, 3.63) is 71.9 Å². The van der Waals surface area contributed by atoms with Crippen LogP contribution in [0.3, 0.4) is 0 Å². The van der Waals surface area contributed by atoms with Gasteiger partial charge in [0.05, 0.1) is 0 Å². The van der Waals surface area contributed by atoms with Gasteiger partial charge in [0.1, 0.15) is 0 Å². The molecule has 118 valence electrons. The molecule has 0 saturated carbocycles. The van der Waals surface area contributed by atoms with E-state index in [0.717, 1.165) is 18.4 Å². The summed E-state index contributed by atoms with van der Waals surface area (Å²) in [5, 5.41) is 1.26. The van der Waals surface area contributed by atoms with Gasteiger partial charge in [-0.15, -0.1) is 0 Å². The average molecular weight is 306 g/mol. The number of H-pyrrole nitrogens is 1. The topological polar surface area (TPSA) is 36.1 Å². The largest absolute Gasteiger partial charge is 0.361 e. The minimum Gasteiger partial charge on any atom is -0.361 e. The first kappa shape index (κ1) is 15.3. The molecule has 0 aliphatic carbocycles. The highest BCUT2D eigenvalue weighted by molar-refractivity contribution is 5.83. The maximum atomic E-state index is 12.3. The maximum Gasteiger partial charge on any atom is 0.222 e. The molecule has 0 aliphatic rings. The molecule has 3 heteroatoms. The number of carbonyl (C=O) groups is 1. The summed E-state index contributed by atoms with van der Waals surface area (Å²) in [5.74, 6) is 0.202. The van der Waals surface area contributed by atoms with Gasteiger partial charge in [0.25, 0.3) is 0 Å². The Morgan fingerprint density at radius 2 is 1.78 bits per heavy atom. The van der Waals surface area contributed by atoms with Crippen LogP contribution in [0.5, 0.6) is 0 Å². The Morgan fingerprint density at radius 1 is 1.04 bits per heavy atom. The van der Waals surface area contributed by atoms with Crippen LogP contribution in [-0.2, 0) is 17.8 Å². The lowest BCUT2D eigenvalue weighted by molar-refractivity contribution is -0.130. The number of nitrogens with one attached hydrogen (secondary N) is 1. The van der Waals surface area contributed by atoms with Crippen molar-refractivity contribution in [1.29, 1.82) is 0 Å². The number of benzene rings is 2.